The highest BCUT2D eigenvalue weighted by Crippen LogP contribution is 2.41. The van der Waals surface area contributed by atoms with Gasteiger partial charge in [-0.1, -0.05) is 23.7 Å². The van der Waals surface area contributed by atoms with Crippen molar-refractivity contribution < 1.29 is 19.2 Å². The van der Waals surface area contributed by atoms with Gasteiger partial charge in [0.05, 0.1) is 11.5 Å². The van der Waals surface area contributed by atoms with Gasteiger partial charge in [-0.3, -0.25) is 14.9 Å². The van der Waals surface area contributed by atoms with Crippen molar-refractivity contribution in [1.82, 2.24) is 0 Å². The molecular formula is C24H18ClN3O5S. The first-order valence-electron chi connectivity index (χ1n) is 9.99. The number of esters is 1. The lowest BCUT2D eigenvalue weighted by atomic mass is 10.0. The second-order valence-electron chi connectivity index (χ2n) is 6.94. The first-order chi connectivity index (χ1) is 16.2. The lowest BCUT2D eigenvalue weighted by molar-refractivity contribution is -0.384. The summed E-state index contributed by atoms with van der Waals surface area (Å²) in [4.78, 5) is 36.9. The van der Waals surface area contributed by atoms with Crippen LogP contribution in [0.15, 0.2) is 54.1 Å². The monoisotopic (exact) mass is 495 g/mol. The molecule has 1 N–H and O–H groups in total. The molecule has 0 saturated carbocycles. The summed E-state index contributed by atoms with van der Waals surface area (Å²) in [7, 11) is 0. The van der Waals surface area contributed by atoms with E-state index in [-0.39, 0.29) is 28.4 Å². The number of anilines is 1. The number of hydrogen-bond acceptors (Lipinski definition) is 7. The number of nitriles is 1. The number of halogens is 1. The molecule has 0 fully saturated rings. The maximum atomic E-state index is 12.9. The van der Waals surface area contributed by atoms with Crippen molar-refractivity contribution in [1.29, 1.82) is 5.26 Å². The van der Waals surface area contributed by atoms with Crippen LogP contribution >= 0.6 is 22.9 Å². The Hall–Kier alpha value is -4.00. The Balaban J connectivity index is 2.02. The number of nitrogens with zero attached hydrogens (tertiary/aromatic N) is 2. The van der Waals surface area contributed by atoms with E-state index in [0.29, 0.717) is 26.6 Å². The van der Waals surface area contributed by atoms with Crippen LogP contribution in [0.1, 0.15) is 27.7 Å². The van der Waals surface area contributed by atoms with Crippen LogP contribution in [0.4, 0.5) is 10.7 Å². The van der Waals surface area contributed by atoms with Crippen molar-refractivity contribution in [2.24, 2.45) is 0 Å². The standard InChI is InChI=1S/C24H18ClN3O5S/c1-3-33-24(30)21-20(16-6-10-19(11-7-16)28(31)32)14(2)34-23(21)27-22(29)17(13-26)12-15-4-8-18(25)9-5-15/h4-12H,3H2,1-2H3,(H,27,29). The minimum absolute atomic E-state index is 0.0890. The molecule has 1 amide bonds. The van der Waals surface area contributed by atoms with Gasteiger partial charge in [-0.05, 0) is 55.3 Å². The summed E-state index contributed by atoms with van der Waals surface area (Å²) in [6.07, 6.45) is 1.41. The predicted molar refractivity (Wildman–Crippen MR) is 131 cm³/mol. The van der Waals surface area contributed by atoms with Gasteiger partial charge < -0.3 is 10.1 Å². The van der Waals surface area contributed by atoms with E-state index >= 15 is 0 Å². The maximum Gasteiger partial charge on any atom is 0.341 e. The van der Waals surface area contributed by atoms with E-state index in [1.165, 1.54) is 30.3 Å². The van der Waals surface area contributed by atoms with Crippen molar-refractivity contribution in [2.75, 3.05) is 11.9 Å². The summed E-state index contributed by atoms with van der Waals surface area (Å²) in [6.45, 7) is 3.53. The molecule has 34 heavy (non-hydrogen) atoms. The summed E-state index contributed by atoms with van der Waals surface area (Å²) in [5.41, 5.74) is 1.52. The van der Waals surface area contributed by atoms with E-state index in [2.05, 4.69) is 5.32 Å². The molecule has 3 aromatic rings. The highest BCUT2D eigenvalue weighted by Gasteiger charge is 2.26. The van der Waals surface area contributed by atoms with Crippen molar-refractivity contribution in [3.05, 3.63) is 85.2 Å². The highest BCUT2D eigenvalue weighted by molar-refractivity contribution is 7.17. The van der Waals surface area contributed by atoms with Gasteiger partial charge in [0.2, 0.25) is 0 Å². The molecule has 0 radical (unpaired) electrons. The molecule has 0 spiro atoms. The number of non-ortho nitro benzene ring substituents is 1. The Morgan fingerprint density at radius 3 is 2.41 bits per heavy atom. The van der Waals surface area contributed by atoms with Crippen LogP contribution in [0.3, 0.4) is 0 Å². The average Bonchev–Trinajstić information content (AvgIpc) is 3.14. The number of nitro benzene ring substituents is 1. The van der Waals surface area contributed by atoms with E-state index in [1.54, 1.807) is 38.1 Å². The molecule has 1 heterocycles. The number of aryl methyl sites for hydroxylation is 1. The molecule has 172 valence electrons. The molecule has 0 aliphatic carbocycles. The first kappa shape index (κ1) is 24.6. The molecule has 0 saturated heterocycles. The zero-order chi connectivity index (χ0) is 24.8. The number of nitrogens with one attached hydrogen (secondary N) is 1. The molecule has 0 bridgehead atoms. The number of benzene rings is 2. The molecule has 2 aromatic carbocycles. The topological polar surface area (TPSA) is 122 Å². The van der Waals surface area contributed by atoms with Gasteiger partial charge in [-0.2, -0.15) is 5.26 Å². The van der Waals surface area contributed by atoms with E-state index < -0.39 is 16.8 Å². The second kappa shape index (κ2) is 10.7. The van der Waals surface area contributed by atoms with Crippen LogP contribution < -0.4 is 5.32 Å². The number of rotatable bonds is 7. The normalized spacial score (nSPS) is 10.9. The highest BCUT2D eigenvalue weighted by atomic mass is 35.5. The Bertz CT molecular complexity index is 1320. The number of nitro groups is 1. The molecule has 10 heteroatoms. The fourth-order valence-corrected chi connectivity index (χ4v) is 4.36. The Kier molecular flexibility index (Phi) is 7.79. The smallest absolute Gasteiger partial charge is 0.341 e. The van der Waals surface area contributed by atoms with Crippen molar-refractivity contribution in [2.45, 2.75) is 13.8 Å². The van der Waals surface area contributed by atoms with Crippen molar-refractivity contribution in [3.8, 4) is 17.2 Å². The zero-order valence-electron chi connectivity index (χ0n) is 18.1. The third-order valence-electron chi connectivity index (χ3n) is 4.70. The Morgan fingerprint density at radius 2 is 1.85 bits per heavy atom. The molecule has 0 atom stereocenters. The fourth-order valence-electron chi connectivity index (χ4n) is 3.17. The van der Waals surface area contributed by atoms with Gasteiger partial charge in [0.25, 0.3) is 11.6 Å². The van der Waals surface area contributed by atoms with Gasteiger partial charge in [0, 0.05) is 27.6 Å². The van der Waals surface area contributed by atoms with Gasteiger partial charge >= 0.3 is 5.97 Å². The number of carbonyl (C=O) groups is 2. The molecule has 8 nitrogen and oxygen atoms in total. The number of hydrogen-bond donors (Lipinski definition) is 1. The van der Waals surface area contributed by atoms with Crippen LogP contribution in [-0.2, 0) is 9.53 Å². The summed E-state index contributed by atoms with van der Waals surface area (Å²) in [5.74, 6) is -1.35. The number of thiophene rings is 1. The maximum absolute atomic E-state index is 12.9. The third kappa shape index (κ3) is 5.49. The largest absolute Gasteiger partial charge is 0.462 e. The number of ether oxygens (including phenoxy) is 1. The summed E-state index contributed by atoms with van der Waals surface area (Å²) in [6, 6.07) is 14.2. The molecule has 3 rings (SSSR count). The SMILES string of the molecule is CCOC(=O)c1c(NC(=O)C(C#N)=Cc2ccc(Cl)cc2)sc(C)c1-c1ccc([N+](=O)[O-])cc1. The first-order valence-corrected chi connectivity index (χ1v) is 11.2. The molecule has 0 unspecified atom stereocenters. The minimum atomic E-state index is -0.695. The molecule has 0 aliphatic heterocycles. The van der Waals surface area contributed by atoms with E-state index in [1.807, 2.05) is 6.07 Å². The minimum Gasteiger partial charge on any atom is -0.462 e. The van der Waals surface area contributed by atoms with E-state index in [0.717, 1.165) is 11.3 Å². The average molecular weight is 496 g/mol. The van der Waals surface area contributed by atoms with Crippen LogP contribution in [0, 0.1) is 28.4 Å². The van der Waals surface area contributed by atoms with Crippen molar-refractivity contribution >= 4 is 51.6 Å². The fraction of sp³-hybridized carbons (Fsp3) is 0.125. The zero-order valence-corrected chi connectivity index (χ0v) is 19.7. The third-order valence-corrected chi connectivity index (χ3v) is 5.98. The van der Waals surface area contributed by atoms with Gasteiger partial charge in [-0.25, -0.2) is 4.79 Å². The Morgan fingerprint density at radius 1 is 1.21 bits per heavy atom. The van der Waals surface area contributed by atoms with E-state index in [9.17, 15) is 25.0 Å². The molecular weight excluding hydrogens is 478 g/mol. The van der Waals surface area contributed by atoms with Crippen LogP contribution in [0.2, 0.25) is 5.02 Å². The number of amides is 1. The van der Waals surface area contributed by atoms with E-state index in [4.69, 9.17) is 16.3 Å². The number of carbonyl (C=O) groups excluding carboxylic acids is 2. The van der Waals surface area contributed by atoms with Crippen molar-refractivity contribution in [3.63, 3.8) is 0 Å². The molecule has 0 aliphatic rings. The lowest BCUT2D eigenvalue weighted by Gasteiger charge is -2.09. The van der Waals surface area contributed by atoms with Crippen LogP contribution in [-0.4, -0.2) is 23.4 Å². The predicted octanol–water partition coefficient (Wildman–Crippen LogP) is 6.01. The van der Waals surface area contributed by atoms with Gasteiger partial charge in [-0.15, -0.1) is 11.3 Å². The van der Waals surface area contributed by atoms with Crippen LogP contribution in [0.25, 0.3) is 17.2 Å². The summed E-state index contributed by atoms with van der Waals surface area (Å²) in [5, 5.41) is 23.9. The summed E-state index contributed by atoms with van der Waals surface area (Å²) >= 11 is 7.02. The molecule has 1 aromatic heterocycles. The van der Waals surface area contributed by atoms with Crippen LogP contribution in [0.5, 0.6) is 0 Å². The second-order valence-corrected chi connectivity index (χ2v) is 8.60. The Labute approximate surface area is 204 Å². The lowest BCUT2D eigenvalue weighted by Crippen LogP contribution is -2.16. The van der Waals surface area contributed by atoms with Gasteiger partial charge in [0.15, 0.2) is 0 Å². The quantitative estimate of drug-likeness (QED) is 0.141. The summed E-state index contributed by atoms with van der Waals surface area (Å²) < 4.78 is 5.20. The van der Waals surface area contributed by atoms with Gasteiger partial charge in [0.1, 0.15) is 22.2 Å².